The summed E-state index contributed by atoms with van der Waals surface area (Å²) in [4.78, 5) is 13.7. The highest BCUT2D eigenvalue weighted by atomic mass is 16.7. The minimum Gasteiger partial charge on any atom is -0.507 e. The molecule has 234 valence electrons. The van der Waals surface area contributed by atoms with E-state index in [0.717, 1.165) is 24.3 Å². The highest BCUT2D eigenvalue weighted by molar-refractivity contribution is 5.88. The number of benzene rings is 2. The summed E-state index contributed by atoms with van der Waals surface area (Å²) in [7, 11) is 0. The molecule has 3 aromatic rings. The molecule has 1 aromatic heterocycles. The molecule has 2 saturated heterocycles. The maximum Gasteiger partial charge on any atom is 0.239 e. The first-order valence-electron chi connectivity index (χ1n) is 13.0. The molecular weight excluding hydrogens is 580 g/mol. The van der Waals surface area contributed by atoms with E-state index in [4.69, 9.17) is 23.4 Å². The molecule has 0 radical (unpaired) electrons. The zero-order chi connectivity index (χ0) is 31.3. The van der Waals surface area contributed by atoms with Crippen molar-refractivity contribution >= 4 is 11.0 Å². The first kappa shape index (κ1) is 30.7. The van der Waals surface area contributed by atoms with Crippen LogP contribution in [0, 0.1) is 0 Å². The van der Waals surface area contributed by atoms with Crippen molar-refractivity contribution in [3.8, 4) is 40.1 Å². The van der Waals surface area contributed by atoms with E-state index in [0.29, 0.717) is 0 Å². The first-order valence-corrected chi connectivity index (χ1v) is 13.0. The van der Waals surface area contributed by atoms with E-state index in [9.17, 15) is 55.9 Å². The third kappa shape index (κ3) is 5.55. The molecule has 2 aromatic carbocycles. The van der Waals surface area contributed by atoms with Crippen molar-refractivity contribution < 1.29 is 74.4 Å². The Bertz CT molecular complexity index is 1540. The Balaban J connectivity index is 1.60. The van der Waals surface area contributed by atoms with E-state index in [1.807, 2.05) is 0 Å². The van der Waals surface area contributed by atoms with Gasteiger partial charge in [-0.05, 0) is 25.1 Å². The maximum absolute atomic E-state index is 13.7. The lowest BCUT2D eigenvalue weighted by Crippen LogP contribution is -2.60. The van der Waals surface area contributed by atoms with Crippen molar-refractivity contribution in [2.75, 3.05) is 6.61 Å². The van der Waals surface area contributed by atoms with Gasteiger partial charge in [0, 0.05) is 17.7 Å². The summed E-state index contributed by atoms with van der Waals surface area (Å²) in [5.41, 5.74) is -1.36. The lowest BCUT2D eigenvalue weighted by molar-refractivity contribution is -0.277. The Morgan fingerprint density at radius 1 is 0.744 bits per heavy atom. The molecule has 0 spiro atoms. The second kappa shape index (κ2) is 11.8. The van der Waals surface area contributed by atoms with Gasteiger partial charge in [0.05, 0.1) is 12.7 Å². The molecule has 2 aliphatic rings. The summed E-state index contributed by atoms with van der Waals surface area (Å²) in [6.07, 6.45) is -15.9. The van der Waals surface area contributed by atoms with Crippen LogP contribution in [0.2, 0.25) is 0 Å². The molecule has 0 bridgehead atoms. The molecule has 3 heterocycles. The smallest absolute Gasteiger partial charge is 0.239 e. The van der Waals surface area contributed by atoms with Crippen LogP contribution in [0.4, 0.5) is 0 Å². The number of aromatic hydroxyl groups is 3. The van der Waals surface area contributed by atoms with E-state index < -0.39 is 102 Å². The van der Waals surface area contributed by atoms with Gasteiger partial charge in [-0.25, -0.2) is 0 Å². The number of phenolic OH excluding ortho intramolecular Hbond substituents is 3. The fourth-order valence-electron chi connectivity index (χ4n) is 4.81. The van der Waals surface area contributed by atoms with Crippen molar-refractivity contribution in [3.05, 3.63) is 40.6 Å². The van der Waals surface area contributed by atoms with Crippen LogP contribution in [-0.4, -0.2) is 119 Å². The van der Waals surface area contributed by atoms with Crippen molar-refractivity contribution in [1.29, 1.82) is 0 Å². The van der Waals surface area contributed by atoms with Crippen LogP contribution in [-0.2, 0) is 9.47 Å². The van der Waals surface area contributed by atoms with Crippen molar-refractivity contribution in [3.63, 3.8) is 0 Å². The van der Waals surface area contributed by atoms with Gasteiger partial charge in [-0.2, -0.15) is 0 Å². The van der Waals surface area contributed by atoms with Gasteiger partial charge in [-0.15, -0.1) is 0 Å². The van der Waals surface area contributed by atoms with Crippen LogP contribution < -0.4 is 14.9 Å². The zero-order valence-electron chi connectivity index (χ0n) is 22.3. The van der Waals surface area contributed by atoms with Crippen molar-refractivity contribution in [2.24, 2.45) is 0 Å². The Morgan fingerprint density at radius 3 is 2.05 bits per heavy atom. The largest absolute Gasteiger partial charge is 0.507 e. The van der Waals surface area contributed by atoms with Gasteiger partial charge < -0.3 is 74.4 Å². The Morgan fingerprint density at radius 2 is 1.40 bits per heavy atom. The Labute approximate surface area is 241 Å². The topological polar surface area (TPSA) is 269 Å². The molecule has 16 nitrogen and oxygen atoms in total. The highest BCUT2D eigenvalue weighted by Gasteiger charge is 2.45. The average molecular weight is 611 g/mol. The average Bonchev–Trinajstić information content (AvgIpc) is 2.97. The van der Waals surface area contributed by atoms with Gasteiger partial charge in [-0.1, -0.05) is 0 Å². The fourth-order valence-corrected chi connectivity index (χ4v) is 4.81. The van der Waals surface area contributed by atoms with E-state index in [1.54, 1.807) is 0 Å². The van der Waals surface area contributed by atoms with E-state index in [1.165, 1.54) is 13.0 Å². The summed E-state index contributed by atoms with van der Waals surface area (Å²) in [6.45, 7) is 0.670. The van der Waals surface area contributed by atoms with Crippen LogP contribution in [0.1, 0.15) is 6.92 Å². The second-order valence-corrected chi connectivity index (χ2v) is 10.2. The summed E-state index contributed by atoms with van der Waals surface area (Å²) < 4.78 is 27.8. The normalized spacial score (nSPS) is 32.9. The van der Waals surface area contributed by atoms with Gasteiger partial charge in [-0.3, -0.25) is 4.79 Å². The molecular formula is C27H30O16. The molecule has 16 heteroatoms. The SMILES string of the molecule is C[C@H]1O[C@H](Oc2c(-c3ccc(O)c(O)c3)oc3cc(O[C@@H]4O[C@H](CO)[C@H](O)[C@@H](O)[C@H]4O)cc(O)c3c2=O)[C@H](O)[C@H](O)[C@H]1O. The van der Waals surface area contributed by atoms with Crippen LogP contribution in [0.15, 0.2) is 39.5 Å². The van der Waals surface area contributed by atoms with Crippen LogP contribution in [0.3, 0.4) is 0 Å². The molecule has 10 N–H and O–H groups in total. The van der Waals surface area contributed by atoms with Gasteiger partial charge >= 0.3 is 0 Å². The number of rotatable bonds is 6. The Kier molecular flexibility index (Phi) is 8.41. The molecule has 0 saturated carbocycles. The molecule has 2 aliphatic heterocycles. The third-order valence-electron chi connectivity index (χ3n) is 7.29. The number of hydrogen-bond acceptors (Lipinski definition) is 16. The van der Waals surface area contributed by atoms with Crippen molar-refractivity contribution in [2.45, 2.75) is 68.3 Å². The van der Waals surface area contributed by atoms with E-state index in [2.05, 4.69) is 0 Å². The standard InChI is InChI=1S/C27H30O16/c1-8-17(32)20(35)22(37)26(39-8)43-25-19(34)16-13(31)5-10(40-27-23(38)21(36)18(33)15(7-28)42-27)6-14(16)41-24(25)9-2-3-11(29)12(30)4-9/h2-6,8,15,17-18,20-23,26-33,35-38H,7H2,1H3/t8-,15-,17+,18+,20-,21-,22-,23-,26-,27-/m1/s1. The number of aliphatic hydroxyl groups excluding tert-OH is 7. The molecule has 0 amide bonds. The molecule has 5 rings (SSSR count). The predicted octanol–water partition coefficient (Wildman–Crippen LogP) is -2.04. The summed E-state index contributed by atoms with van der Waals surface area (Å²) in [5, 5.41) is 101. The maximum atomic E-state index is 13.7. The summed E-state index contributed by atoms with van der Waals surface area (Å²) in [5.74, 6) is -3.10. The number of fused-ring (bicyclic) bond motifs is 1. The van der Waals surface area contributed by atoms with Gasteiger partial charge in [0.25, 0.3) is 0 Å². The van der Waals surface area contributed by atoms with Crippen molar-refractivity contribution in [1.82, 2.24) is 0 Å². The lowest BCUT2D eigenvalue weighted by Gasteiger charge is -2.39. The fraction of sp³-hybridized carbons (Fsp3) is 0.444. The number of ether oxygens (including phenoxy) is 4. The summed E-state index contributed by atoms with van der Waals surface area (Å²) in [6, 6.07) is 5.42. The number of aliphatic hydroxyl groups is 7. The molecule has 0 aliphatic carbocycles. The predicted molar refractivity (Wildman–Crippen MR) is 140 cm³/mol. The number of hydrogen-bond donors (Lipinski definition) is 10. The monoisotopic (exact) mass is 610 g/mol. The second-order valence-electron chi connectivity index (χ2n) is 10.2. The van der Waals surface area contributed by atoms with Crippen LogP contribution in [0.5, 0.6) is 28.7 Å². The lowest BCUT2D eigenvalue weighted by atomic mass is 9.99. The van der Waals surface area contributed by atoms with Gasteiger partial charge in [0.15, 0.2) is 17.3 Å². The molecule has 2 fully saturated rings. The third-order valence-corrected chi connectivity index (χ3v) is 7.29. The minimum atomic E-state index is -1.83. The van der Waals surface area contributed by atoms with Gasteiger partial charge in [0.2, 0.25) is 23.8 Å². The Hall–Kier alpha value is -3.71. The van der Waals surface area contributed by atoms with E-state index in [-0.39, 0.29) is 22.7 Å². The minimum absolute atomic E-state index is 0.0250. The highest BCUT2D eigenvalue weighted by Crippen LogP contribution is 2.40. The van der Waals surface area contributed by atoms with Crippen LogP contribution in [0.25, 0.3) is 22.3 Å². The summed E-state index contributed by atoms with van der Waals surface area (Å²) >= 11 is 0. The zero-order valence-corrected chi connectivity index (χ0v) is 22.3. The van der Waals surface area contributed by atoms with Gasteiger partial charge in [0.1, 0.15) is 65.2 Å². The quantitative estimate of drug-likeness (QED) is 0.135. The number of phenols is 3. The van der Waals surface area contributed by atoms with E-state index >= 15 is 0 Å². The molecule has 43 heavy (non-hydrogen) atoms. The van der Waals surface area contributed by atoms with Crippen LogP contribution >= 0.6 is 0 Å². The molecule has 0 unspecified atom stereocenters. The first-order chi connectivity index (χ1) is 20.3. The molecule has 10 atom stereocenters.